The van der Waals surface area contributed by atoms with Crippen LogP contribution in [0.1, 0.15) is 28.7 Å². The van der Waals surface area contributed by atoms with Gasteiger partial charge in [-0.3, -0.25) is 0 Å². The van der Waals surface area contributed by atoms with Crippen molar-refractivity contribution in [3.63, 3.8) is 0 Å². The zero-order chi connectivity index (χ0) is 15.9. The van der Waals surface area contributed by atoms with Crippen LogP contribution in [0.5, 0.6) is 0 Å². The lowest BCUT2D eigenvalue weighted by Crippen LogP contribution is -2.27. The maximum absolute atomic E-state index is 6.20. The first-order valence-corrected chi connectivity index (χ1v) is 7.93. The number of allylic oxidation sites excluding steroid dienone is 1. The maximum Gasteiger partial charge on any atom is 0.0478 e. The number of nitrogens with two attached hydrogens (primary N) is 1. The van der Waals surface area contributed by atoms with Crippen molar-refractivity contribution in [2.45, 2.75) is 33.2 Å². The molecule has 0 fully saturated rings. The first-order chi connectivity index (χ1) is 10.5. The van der Waals surface area contributed by atoms with Gasteiger partial charge in [-0.05, 0) is 67.1 Å². The van der Waals surface area contributed by atoms with E-state index in [0.29, 0.717) is 0 Å². The van der Waals surface area contributed by atoms with E-state index in [1.807, 2.05) is 12.1 Å². The average molecular weight is 313 g/mol. The normalized spacial score (nSPS) is 14.1. The highest BCUT2D eigenvalue weighted by molar-refractivity contribution is 6.30. The number of fused-ring (bicyclic) bond motifs is 1. The molecule has 0 amide bonds. The molecule has 0 aromatic heterocycles. The summed E-state index contributed by atoms with van der Waals surface area (Å²) in [6, 6.07) is 10.2. The SMILES string of the molecule is C=C1CCc2c(cc(C)c(N)c2C)N1Cc1ccc(Cl)cc1. The lowest BCUT2D eigenvalue weighted by Gasteiger charge is -2.35. The van der Waals surface area contributed by atoms with Gasteiger partial charge in [0.25, 0.3) is 0 Å². The molecule has 1 heterocycles. The summed E-state index contributed by atoms with van der Waals surface area (Å²) < 4.78 is 0. The first kappa shape index (κ1) is 15.0. The average Bonchev–Trinajstić information content (AvgIpc) is 2.50. The van der Waals surface area contributed by atoms with E-state index >= 15 is 0 Å². The van der Waals surface area contributed by atoms with Crippen LogP contribution >= 0.6 is 11.6 Å². The van der Waals surface area contributed by atoms with Gasteiger partial charge < -0.3 is 10.6 Å². The van der Waals surface area contributed by atoms with Gasteiger partial charge >= 0.3 is 0 Å². The van der Waals surface area contributed by atoms with E-state index in [-0.39, 0.29) is 0 Å². The van der Waals surface area contributed by atoms with Crippen LogP contribution in [0.2, 0.25) is 5.02 Å². The van der Waals surface area contributed by atoms with Gasteiger partial charge in [0.1, 0.15) is 0 Å². The fraction of sp³-hybridized carbons (Fsp3) is 0.263. The molecule has 3 heteroatoms. The molecule has 0 bridgehead atoms. The Balaban J connectivity index is 2.02. The standard InChI is InChI=1S/C19H21ClN2/c1-12-10-18-17(14(3)19(12)21)9-4-13(2)22(18)11-15-5-7-16(20)8-6-15/h5-8,10H,2,4,9,11,21H2,1,3H3. The fourth-order valence-electron chi connectivity index (χ4n) is 3.12. The fourth-order valence-corrected chi connectivity index (χ4v) is 3.25. The van der Waals surface area contributed by atoms with Crippen molar-refractivity contribution in [3.05, 3.63) is 69.9 Å². The topological polar surface area (TPSA) is 29.3 Å². The van der Waals surface area contributed by atoms with Crippen LogP contribution < -0.4 is 10.6 Å². The predicted octanol–water partition coefficient (Wildman–Crippen LogP) is 5.01. The van der Waals surface area contributed by atoms with Gasteiger partial charge in [0.05, 0.1) is 0 Å². The number of nitrogens with zero attached hydrogens (tertiary/aromatic N) is 1. The van der Waals surface area contributed by atoms with Crippen molar-refractivity contribution >= 4 is 23.0 Å². The van der Waals surface area contributed by atoms with Gasteiger partial charge in [0.2, 0.25) is 0 Å². The van der Waals surface area contributed by atoms with Gasteiger partial charge in [0.15, 0.2) is 0 Å². The second-order valence-corrected chi connectivity index (χ2v) is 6.45. The lowest BCUT2D eigenvalue weighted by atomic mass is 9.92. The van der Waals surface area contributed by atoms with Crippen LogP contribution in [0.4, 0.5) is 11.4 Å². The van der Waals surface area contributed by atoms with Crippen LogP contribution in [0.3, 0.4) is 0 Å². The van der Waals surface area contributed by atoms with E-state index in [1.54, 1.807) is 0 Å². The molecule has 1 aliphatic rings. The molecule has 2 aromatic rings. The van der Waals surface area contributed by atoms with Crippen molar-refractivity contribution in [2.24, 2.45) is 0 Å². The summed E-state index contributed by atoms with van der Waals surface area (Å²) in [6.07, 6.45) is 1.99. The molecular formula is C19H21ClN2. The highest BCUT2D eigenvalue weighted by Crippen LogP contribution is 2.38. The summed E-state index contributed by atoms with van der Waals surface area (Å²) >= 11 is 5.98. The highest BCUT2D eigenvalue weighted by atomic mass is 35.5. The van der Waals surface area contributed by atoms with Gasteiger partial charge in [0, 0.05) is 28.6 Å². The van der Waals surface area contributed by atoms with E-state index in [0.717, 1.165) is 41.4 Å². The van der Waals surface area contributed by atoms with E-state index in [1.165, 1.54) is 22.4 Å². The lowest BCUT2D eigenvalue weighted by molar-refractivity contribution is 0.778. The Kier molecular flexibility index (Phi) is 3.88. The number of aryl methyl sites for hydroxylation is 1. The molecule has 0 unspecified atom stereocenters. The van der Waals surface area contributed by atoms with E-state index < -0.39 is 0 Å². The molecule has 2 nitrogen and oxygen atoms in total. The molecule has 114 valence electrons. The second-order valence-electron chi connectivity index (χ2n) is 6.01. The van der Waals surface area contributed by atoms with Crippen molar-refractivity contribution in [3.8, 4) is 0 Å². The van der Waals surface area contributed by atoms with Crippen LogP contribution in [0.25, 0.3) is 0 Å². The molecule has 0 saturated carbocycles. The highest BCUT2D eigenvalue weighted by Gasteiger charge is 2.23. The number of rotatable bonds is 2. The van der Waals surface area contributed by atoms with E-state index in [2.05, 4.69) is 43.5 Å². The molecule has 2 N–H and O–H groups in total. The molecule has 0 saturated heterocycles. The van der Waals surface area contributed by atoms with Crippen LogP contribution in [-0.4, -0.2) is 0 Å². The predicted molar refractivity (Wildman–Crippen MR) is 95.4 cm³/mol. The maximum atomic E-state index is 6.20. The zero-order valence-electron chi connectivity index (χ0n) is 13.1. The van der Waals surface area contributed by atoms with Crippen LogP contribution in [0.15, 0.2) is 42.6 Å². The quantitative estimate of drug-likeness (QED) is 0.790. The Morgan fingerprint density at radius 2 is 1.86 bits per heavy atom. The molecule has 0 spiro atoms. The Morgan fingerprint density at radius 1 is 1.18 bits per heavy atom. The Hall–Kier alpha value is -1.93. The number of nitrogen functional groups attached to an aromatic ring is 1. The number of hydrogen-bond donors (Lipinski definition) is 1. The number of hydrogen-bond acceptors (Lipinski definition) is 2. The summed E-state index contributed by atoms with van der Waals surface area (Å²) in [7, 11) is 0. The van der Waals surface area contributed by atoms with Crippen LogP contribution in [-0.2, 0) is 13.0 Å². The molecular weight excluding hydrogens is 292 g/mol. The molecule has 1 aliphatic heterocycles. The molecule has 2 aromatic carbocycles. The molecule has 22 heavy (non-hydrogen) atoms. The molecule has 0 radical (unpaired) electrons. The minimum absolute atomic E-state index is 0.765. The van der Waals surface area contributed by atoms with Crippen molar-refractivity contribution in [1.29, 1.82) is 0 Å². The molecule has 0 aliphatic carbocycles. The number of anilines is 2. The number of benzene rings is 2. The first-order valence-electron chi connectivity index (χ1n) is 7.55. The summed E-state index contributed by atoms with van der Waals surface area (Å²) in [5, 5.41) is 0.765. The van der Waals surface area contributed by atoms with E-state index in [4.69, 9.17) is 17.3 Å². The van der Waals surface area contributed by atoms with Crippen LogP contribution in [0, 0.1) is 13.8 Å². The Morgan fingerprint density at radius 3 is 2.55 bits per heavy atom. The summed E-state index contributed by atoms with van der Waals surface area (Å²) in [5.41, 5.74) is 14.4. The zero-order valence-corrected chi connectivity index (χ0v) is 13.9. The Labute approximate surface area is 137 Å². The minimum atomic E-state index is 0.765. The van der Waals surface area contributed by atoms with Gasteiger partial charge in [-0.2, -0.15) is 0 Å². The largest absolute Gasteiger partial charge is 0.398 e. The monoisotopic (exact) mass is 312 g/mol. The molecule has 3 rings (SSSR count). The van der Waals surface area contributed by atoms with Crippen molar-refractivity contribution in [1.82, 2.24) is 0 Å². The smallest absolute Gasteiger partial charge is 0.0478 e. The van der Waals surface area contributed by atoms with Crippen molar-refractivity contribution < 1.29 is 0 Å². The summed E-state index contributed by atoms with van der Waals surface area (Å²) in [6.45, 7) is 9.26. The van der Waals surface area contributed by atoms with Gasteiger partial charge in [-0.15, -0.1) is 0 Å². The van der Waals surface area contributed by atoms with Gasteiger partial charge in [-0.25, -0.2) is 0 Å². The summed E-state index contributed by atoms with van der Waals surface area (Å²) in [5.74, 6) is 0. The number of halogens is 1. The summed E-state index contributed by atoms with van der Waals surface area (Å²) in [4.78, 5) is 2.31. The molecule has 0 atom stereocenters. The second kappa shape index (κ2) is 5.69. The minimum Gasteiger partial charge on any atom is -0.398 e. The van der Waals surface area contributed by atoms with Crippen molar-refractivity contribution in [2.75, 3.05) is 10.6 Å². The third-order valence-corrected chi connectivity index (χ3v) is 4.79. The third kappa shape index (κ3) is 2.59. The van der Waals surface area contributed by atoms with E-state index in [9.17, 15) is 0 Å². The third-order valence-electron chi connectivity index (χ3n) is 4.53. The van der Waals surface area contributed by atoms with Gasteiger partial charge in [-0.1, -0.05) is 30.3 Å². The Bertz CT molecular complexity index is 732.